The van der Waals surface area contributed by atoms with Crippen LogP contribution in [0.1, 0.15) is 35.4 Å². The molecule has 0 saturated heterocycles. The van der Waals surface area contributed by atoms with Crippen LogP contribution >= 0.6 is 11.3 Å². The van der Waals surface area contributed by atoms with E-state index in [2.05, 4.69) is 5.32 Å². The lowest BCUT2D eigenvalue weighted by atomic mass is 9.92. The van der Waals surface area contributed by atoms with E-state index in [1.165, 1.54) is 11.3 Å². The molecule has 16 heavy (non-hydrogen) atoms. The summed E-state index contributed by atoms with van der Waals surface area (Å²) in [6, 6.07) is 3.43. The highest BCUT2D eigenvalue weighted by atomic mass is 32.1. The fourth-order valence-corrected chi connectivity index (χ4v) is 2.48. The molecule has 0 aliphatic heterocycles. The van der Waals surface area contributed by atoms with Crippen LogP contribution in [-0.2, 0) is 0 Å². The first-order valence-corrected chi connectivity index (χ1v) is 6.17. The van der Waals surface area contributed by atoms with Crippen molar-refractivity contribution in [2.24, 2.45) is 0 Å². The zero-order chi connectivity index (χ0) is 11.6. The molecule has 1 aromatic heterocycles. The Bertz CT molecular complexity index is 354. The minimum absolute atomic E-state index is 0.103. The number of hydrogen-bond donors (Lipinski definition) is 1. The molecule has 0 aromatic carbocycles. The summed E-state index contributed by atoms with van der Waals surface area (Å²) >= 11 is 1.36. The first kappa shape index (κ1) is 11.5. The summed E-state index contributed by atoms with van der Waals surface area (Å²) < 4.78 is 25.8. The van der Waals surface area contributed by atoms with E-state index in [0.29, 0.717) is 17.7 Å². The van der Waals surface area contributed by atoms with Crippen LogP contribution in [0, 0.1) is 0 Å². The number of alkyl halides is 2. The minimum atomic E-state index is -2.54. The van der Waals surface area contributed by atoms with Gasteiger partial charge in [-0.3, -0.25) is 4.79 Å². The molecule has 0 atom stereocenters. The summed E-state index contributed by atoms with van der Waals surface area (Å²) in [6.45, 7) is 0. The average Bonchev–Trinajstić information content (AvgIpc) is 2.74. The molecule has 1 aliphatic rings. The molecular formula is C11H13F2NOS. The van der Waals surface area contributed by atoms with Gasteiger partial charge >= 0.3 is 0 Å². The molecule has 0 bridgehead atoms. The lowest BCUT2D eigenvalue weighted by molar-refractivity contribution is -0.0399. The average molecular weight is 245 g/mol. The predicted octanol–water partition coefficient (Wildman–Crippen LogP) is 3.06. The largest absolute Gasteiger partial charge is 0.349 e. The number of carbonyl (C=O) groups is 1. The summed E-state index contributed by atoms with van der Waals surface area (Å²) in [5.41, 5.74) is 0. The number of carbonyl (C=O) groups excluding carboxylic acids is 1. The second kappa shape index (κ2) is 4.49. The van der Waals surface area contributed by atoms with Crippen LogP contribution in [0.5, 0.6) is 0 Å². The van der Waals surface area contributed by atoms with Crippen molar-refractivity contribution in [3.05, 3.63) is 22.4 Å². The van der Waals surface area contributed by atoms with Crippen molar-refractivity contribution < 1.29 is 13.6 Å². The van der Waals surface area contributed by atoms with Crippen molar-refractivity contribution in [1.29, 1.82) is 0 Å². The molecule has 2 nitrogen and oxygen atoms in total. The van der Waals surface area contributed by atoms with Gasteiger partial charge in [0.2, 0.25) is 5.92 Å². The van der Waals surface area contributed by atoms with Gasteiger partial charge in [-0.05, 0) is 24.3 Å². The minimum Gasteiger partial charge on any atom is -0.349 e. The topological polar surface area (TPSA) is 29.1 Å². The zero-order valence-electron chi connectivity index (χ0n) is 8.71. The fraction of sp³-hybridized carbons (Fsp3) is 0.545. The molecule has 5 heteroatoms. The van der Waals surface area contributed by atoms with Gasteiger partial charge in [-0.2, -0.15) is 0 Å². The quantitative estimate of drug-likeness (QED) is 0.852. The second-order valence-electron chi connectivity index (χ2n) is 4.08. The first-order valence-electron chi connectivity index (χ1n) is 5.29. The lowest BCUT2D eigenvalue weighted by Gasteiger charge is -2.28. The number of amides is 1. The maximum Gasteiger partial charge on any atom is 0.261 e. The summed E-state index contributed by atoms with van der Waals surface area (Å²) in [7, 11) is 0. The van der Waals surface area contributed by atoms with Gasteiger partial charge in [0.25, 0.3) is 5.91 Å². The number of nitrogens with one attached hydrogen (secondary N) is 1. The Morgan fingerprint density at radius 1 is 1.44 bits per heavy atom. The maximum atomic E-state index is 12.9. The van der Waals surface area contributed by atoms with Gasteiger partial charge in [-0.1, -0.05) is 6.07 Å². The molecule has 0 unspecified atom stereocenters. The van der Waals surface area contributed by atoms with Crippen LogP contribution in [0.4, 0.5) is 8.78 Å². The summed E-state index contributed by atoms with van der Waals surface area (Å²) in [5, 5.41) is 4.62. The SMILES string of the molecule is O=C(NC1CCC(F)(F)CC1)c1cccs1. The van der Waals surface area contributed by atoms with E-state index < -0.39 is 5.92 Å². The van der Waals surface area contributed by atoms with Crippen LogP contribution in [0.2, 0.25) is 0 Å². The third-order valence-corrected chi connectivity index (χ3v) is 3.67. The zero-order valence-corrected chi connectivity index (χ0v) is 9.53. The Balaban J connectivity index is 1.85. The Morgan fingerprint density at radius 3 is 2.69 bits per heavy atom. The highest BCUT2D eigenvalue weighted by Crippen LogP contribution is 2.33. The molecule has 1 aromatic rings. The van der Waals surface area contributed by atoms with E-state index in [4.69, 9.17) is 0 Å². The van der Waals surface area contributed by atoms with Gasteiger partial charge in [0.1, 0.15) is 0 Å². The molecule has 1 aliphatic carbocycles. The molecule has 1 heterocycles. The molecule has 0 spiro atoms. The van der Waals surface area contributed by atoms with Gasteiger partial charge in [0.15, 0.2) is 0 Å². The van der Waals surface area contributed by atoms with E-state index >= 15 is 0 Å². The van der Waals surface area contributed by atoms with Crippen molar-refractivity contribution in [3.63, 3.8) is 0 Å². The van der Waals surface area contributed by atoms with E-state index in [1.807, 2.05) is 5.38 Å². The van der Waals surface area contributed by atoms with E-state index in [9.17, 15) is 13.6 Å². The maximum absolute atomic E-state index is 12.9. The molecule has 88 valence electrons. The van der Waals surface area contributed by atoms with Crippen LogP contribution in [0.3, 0.4) is 0 Å². The Kier molecular flexibility index (Phi) is 3.23. The van der Waals surface area contributed by atoms with Gasteiger partial charge < -0.3 is 5.32 Å². The monoisotopic (exact) mass is 245 g/mol. The van der Waals surface area contributed by atoms with Crippen LogP contribution in [0.15, 0.2) is 17.5 Å². The summed E-state index contributed by atoms with van der Waals surface area (Å²) in [6.07, 6.45) is 0.485. The molecule has 2 rings (SSSR count). The van der Waals surface area contributed by atoms with Crippen molar-refractivity contribution in [2.75, 3.05) is 0 Å². The number of rotatable bonds is 2. The molecule has 1 fully saturated rings. The van der Waals surface area contributed by atoms with Gasteiger partial charge in [-0.25, -0.2) is 8.78 Å². The standard InChI is InChI=1S/C11H13F2NOS/c12-11(13)5-3-8(4-6-11)14-10(15)9-2-1-7-16-9/h1-2,7-8H,3-6H2,(H,14,15). The van der Waals surface area contributed by atoms with Crippen molar-refractivity contribution in [1.82, 2.24) is 5.32 Å². The van der Waals surface area contributed by atoms with Crippen LogP contribution in [-0.4, -0.2) is 17.9 Å². The van der Waals surface area contributed by atoms with Crippen LogP contribution < -0.4 is 5.32 Å². The lowest BCUT2D eigenvalue weighted by Crippen LogP contribution is -2.40. The van der Waals surface area contributed by atoms with E-state index in [1.54, 1.807) is 12.1 Å². The smallest absolute Gasteiger partial charge is 0.261 e. The number of halogens is 2. The Morgan fingerprint density at radius 2 is 2.12 bits per heavy atom. The molecule has 1 N–H and O–H groups in total. The third-order valence-electron chi connectivity index (χ3n) is 2.80. The van der Waals surface area contributed by atoms with Crippen molar-refractivity contribution >= 4 is 17.2 Å². The molecule has 1 saturated carbocycles. The van der Waals surface area contributed by atoms with Gasteiger partial charge in [0.05, 0.1) is 4.88 Å². The summed E-state index contributed by atoms with van der Waals surface area (Å²) in [4.78, 5) is 12.3. The van der Waals surface area contributed by atoms with Crippen molar-refractivity contribution in [3.8, 4) is 0 Å². The number of hydrogen-bond acceptors (Lipinski definition) is 2. The third kappa shape index (κ3) is 2.78. The molecule has 1 amide bonds. The van der Waals surface area contributed by atoms with Crippen molar-refractivity contribution in [2.45, 2.75) is 37.6 Å². The summed E-state index contributed by atoms with van der Waals surface area (Å²) in [5.74, 6) is -2.69. The Hall–Kier alpha value is -0.970. The predicted molar refractivity (Wildman–Crippen MR) is 59.0 cm³/mol. The highest BCUT2D eigenvalue weighted by molar-refractivity contribution is 7.12. The Labute approximate surface area is 96.7 Å². The van der Waals surface area contributed by atoms with E-state index in [-0.39, 0.29) is 24.8 Å². The highest BCUT2D eigenvalue weighted by Gasteiger charge is 2.35. The fourth-order valence-electron chi connectivity index (χ4n) is 1.85. The first-order chi connectivity index (χ1) is 7.57. The van der Waals surface area contributed by atoms with Gasteiger partial charge in [-0.15, -0.1) is 11.3 Å². The molecule has 0 radical (unpaired) electrons. The van der Waals surface area contributed by atoms with Crippen LogP contribution in [0.25, 0.3) is 0 Å². The number of thiophene rings is 1. The van der Waals surface area contributed by atoms with Gasteiger partial charge in [0, 0.05) is 18.9 Å². The van der Waals surface area contributed by atoms with E-state index in [0.717, 1.165) is 0 Å². The normalized spacial score (nSPS) is 20.6. The molecular weight excluding hydrogens is 232 g/mol. The second-order valence-corrected chi connectivity index (χ2v) is 5.03.